The molecule has 21 heavy (non-hydrogen) atoms. The molecule has 0 aliphatic carbocycles. The molecule has 4 heteroatoms. The summed E-state index contributed by atoms with van der Waals surface area (Å²) < 4.78 is 0. The van der Waals surface area contributed by atoms with Crippen LogP contribution in [0.2, 0.25) is 0 Å². The van der Waals surface area contributed by atoms with E-state index in [4.69, 9.17) is 0 Å². The van der Waals surface area contributed by atoms with Gasteiger partial charge < -0.3 is 15.1 Å². The zero-order valence-corrected chi connectivity index (χ0v) is 13.6. The van der Waals surface area contributed by atoms with Crippen LogP contribution in [0.25, 0.3) is 0 Å². The summed E-state index contributed by atoms with van der Waals surface area (Å²) in [5.74, 6) is 0.758. The molecular weight excluding hydrogens is 262 g/mol. The highest BCUT2D eigenvalue weighted by atomic mass is 16.2. The fraction of sp³-hybridized carbons (Fsp3) is 0.588. The second-order valence-electron chi connectivity index (χ2n) is 6.43. The van der Waals surface area contributed by atoms with Crippen LogP contribution in [0.1, 0.15) is 30.6 Å². The van der Waals surface area contributed by atoms with Gasteiger partial charge in [-0.1, -0.05) is 13.8 Å². The normalized spacial score (nSPS) is 18.9. The molecule has 1 atom stereocenters. The van der Waals surface area contributed by atoms with Crippen molar-refractivity contribution in [2.45, 2.75) is 26.3 Å². The first kappa shape index (κ1) is 15.8. The lowest BCUT2D eigenvalue weighted by Gasteiger charge is -2.37. The Morgan fingerprint density at radius 2 is 2.00 bits per heavy atom. The lowest BCUT2D eigenvalue weighted by atomic mass is 10.00. The molecule has 4 nitrogen and oxygen atoms in total. The van der Waals surface area contributed by atoms with Gasteiger partial charge in [-0.2, -0.15) is 0 Å². The number of nitrogens with one attached hydrogen (secondary N) is 1. The van der Waals surface area contributed by atoms with Gasteiger partial charge >= 0.3 is 0 Å². The number of amides is 1. The summed E-state index contributed by atoms with van der Waals surface area (Å²) in [5, 5.41) is 3.40. The van der Waals surface area contributed by atoms with Gasteiger partial charge in [-0.25, -0.2) is 0 Å². The zero-order chi connectivity index (χ0) is 15.4. The van der Waals surface area contributed by atoms with Crippen molar-refractivity contribution >= 4 is 11.6 Å². The third-order valence-corrected chi connectivity index (χ3v) is 3.99. The molecule has 0 aromatic heterocycles. The first-order valence-corrected chi connectivity index (χ1v) is 7.78. The predicted octanol–water partition coefficient (Wildman–Crippen LogP) is 2.21. The van der Waals surface area contributed by atoms with Crippen molar-refractivity contribution in [2.24, 2.45) is 5.92 Å². The zero-order valence-electron chi connectivity index (χ0n) is 13.6. The predicted molar refractivity (Wildman–Crippen MR) is 87.9 cm³/mol. The largest absolute Gasteiger partial charge is 0.378 e. The van der Waals surface area contributed by atoms with Crippen molar-refractivity contribution in [3.05, 3.63) is 29.8 Å². The van der Waals surface area contributed by atoms with E-state index in [0.717, 1.165) is 37.3 Å². The highest BCUT2D eigenvalue weighted by Gasteiger charge is 2.27. The maximum Gasteiger partial charge on any atom is 0.254 e. The Balaban J connectivity index is 2.12. The van der Waals surface area contributed by atoms with Crippen LogP contribution in [0.15, 0.2) is 24.3 Å². The molecule has 0 saturated carbocycles. The number of carbonyl (C=O) groups excluding carboxylic acids is 1. The Morgan fingerprint density at radius 1 is 1.33 bits per heavy atom. The van der Waals surface area contributed by atoms with E-state index in [1.165, 1.54) is 0 Å². The van der Waals surface area contributed by atoms with Crippen molar-refractivity contribution in [1.82, 2.24) is 10.2 Å². The van der Waals surface area contributed by atoms with E-state index in [-0.39, 0.29) is 5.91 Å². The topological polar surface area (TPSA) is 35.6 Å². The summed E-state index contributed by atoms with van der Waals surface area (Å²) in [4.78, 5) is 16.8. The van der Waals surface area contributed by atoms with E-state index in [1.54, 1.807) is 0 Å². The Labute approximate surface area is 128 Å². The van der Waals surface area contributed by atoms with Crippen LogP contribution in [0.3, 0.4) is 0 Å². The fourth-order valence-corrected chi connectivity index (χ4v) is 2.85. The Morgan fingerprint density at radius 3 is 2.57 bits per heavy atom. The molecule has 0 bridgehead atoms. The average molecular weight is 289 g/mol. The minimum Gasteiger partial charge on any atom is -0.378 e. The molecule has 0 spiro atoms. The van der Waals surface area contributed by atoms with E-state index in [2.05, 4.69) is 19.2 Å². The van der Waals surface area contributed by atoms with Gasteiger partial charge in [0.15, 0.2) is 0 Å². The lowest BCUT2D eigenvalue weighted by molar-refractivity contribution is 0.0610. The number of hydrogen-bond donors (Lipinski definition) is 1. The maximum absolute atomic E-state index is 12.8. The van der Waals surface area contributed by atoms with Gasteiger partial charge in [-0.15, -0.1) is 0 Å². The van der Waals surface area contributed by atoms with Crippen LogP contribution in [0, 0.1) is 5.92 Å². The van der Waals surface area contributed by atoms with Crippen LogP contribution in [-0.2, 0) is 0 Å². The van der Waals surface area contributed by atoms with E-state index in [0.29, 0.717) is 12.0 Å². The molecule has 1 aromatic carbocycles. The monoisotopic (exact) mass is 289 g/mol. The van der Waals surface area contributed by atoms with Gasteiger partial charge in [-0.05, 0) is 36.6 Å². The van der Waals surface area contributed by atoms with Crippen molar-refractivity contribution in [3.8, 4) is 0 Å². The number of piperazine rings is 1. The molecule has 2 rings (SSSR count). The highest BCUT2D eigenvalue weighted by Crippen LogP contribution is 2.18. The molecule has 1 saturated heterocycles. The van der Waals surface area contributed by atoms with Gasteiger partial charge in [0.05, 0.1) is 0 Å². The van der Waals surface area contributed by atoms with Gasteiger partial charge in [0.1, 0.15) is 0 Å². The molecule has 1 amide bonds. The van der Waals surface area contributed by atoms with Crippen LogP contribution in [0.5, 0.6) is 0 Å². The molecule has 116 valence electrons. The summed E-state index contributed by atoms with van der Waals surface area (Å²) in [5.41, 5.74) is 1.90. The van der Waals surface area contributed by atoms with E-state index < -0.39 is 0 Å². The number of rotatable bonds is 4. The highest BCUT2D eigenvalue weighted by molar-refractivity contribution is 5.94. The molecule has 1 unspecified atom stereocenters. The Kier molecular flexibility index (Phi) is 5.23. The molecule has 1 N–H and O–H groups in total. The first-order chi connectivity index (χ1) is 9.99. The van der Waals surface area contributed by atoms with Crippen molar-refractivity contribution < 1.29 is 4.79 Å². The summed E-state index contributed by atoms with van der Waals surface area (Å²) >= 11 is 0. The molecular formula is C17H27N3O. The minimum absolute atomic E-state index is 0.160. The van der Waals surface area contributed by atoms with Crippen LogP contribution in [-0.4, -0.2) is 50.6 Å². The van der Waals surface area contributed by atoms with Gasteiger partial charge in [-0.3, -0.25) is 4.79 Å². The SMILES string of the molecule is CC(C)CC1CNCCN1C(=O)c1ccc(N(C)C)cc1. The number of nitrogens with zero attached hydrogens (tertiary/aromatic N) is 2. The molecule has 0 radical (unpaired) electrons. The van der Waals surface area contributed by atoms with Gasteiger partial charge in [0.25, 0.3) is 5.91 Å². The minimum atomic E-state index is 0.160. The third-order valence-electron chi connectivity index (χ3n) is 3.99. The maximum atomic E-state index is 12.8. The molecule has 1 aromatic rings. The standard InChI is InChI=1S/C17H27N3O/c1-13(2)11-16-12-18-9-10-20(16)17(21)14-5-7-15(8-6-14)19(3)4/h5-8,13,16,18H,9-12H2,1-4H3. The van der Waals surface area contributed by atoms with Crippen molar-refractivity contribution in [1.29, 1.82) is 0 Å². The first-order valence-electron chi connectivity index (χ1n) is 7.78. The van der Waals surface area contributed by atoms with Crippen LogP contribution in [0.4, 0.5) is 5.69 Å². The van der Waals surface area contributed by atoms with E-state index >= 15 is 0 Å². The molecule has 1 aliphatic heterocycles. The van der Waals surface area contributed by atoms with Gasteiger partial charge in [0.2, 0.25) is 0 Å². The number of benzene rings is 1. The number of anilines is 1. The number of hydrogen-bond acceptors (Lipinski definition) is 3. The molecule has 1 aliphatic rings. The smallest absolute Gasteiger partial charge is 0.254 e. The van der Waals surface area contributed by atoms with Crippen LogP contribution < -0.4 is 10.2 Å². The summed E-state index contributed by atoms with van der Waals surface area (Å²) in [7, 11) is 4.01. The van der Waals surface area contributed by atoms with Crippen molar-refractivity contribution in [3.63, 3.8) is 0 Å². The van der Waals surface area contributed by atoms with Gasteiger partial charge in [0, 0.05) is 51.0 Å². The number of carbonyl (C=O) groups is 1. The fourth-order valence-electron chi connectivity index (χ4n) is 2.85. The molecule has 1 heterocycles. The van der Waals surface area contributed by atoms with E-state index in [9.17, 15) is 4.79 Å². The second kappa shape index (κ2) is 6.94. The lowest BCUT2D eigenvalue weighted by Crippen LogP contribution is -2.54. The second-order valence-corrected chi connectivity index (χ2v) is 6.43. The van der Waals surface area contributed by atoms with Crippen molar-refractivity contribution in [2.75, 3.05) is 38.6 Å². The van der Waals surface area contributed by atoms with Crippen LogP contribution >= 0.6 is 0 Å². The van der Waals surface area contributed by atoms with E-state index in [1.807, 2.05) is 48.2 Å². The Hall–Kier alpha value is -1.55. The summed E-state index contributed by atoms with van der Waals surface area (Å²) in [6.45, 7) is 7.01. The third kappa shape index (κ3) is 3.97. The summed E-state index contributed by atoms with van der Waals surface area (Å²) in [6, 6.07) is 8.19. The molecule has 1 fully saturated rings. The summed E-state index contributed by atoms with van der Waals surface area (Å²) in [6.07, 6.45) is 1.05. The Bertz CT molecular complexity index is 467. The quantitative estimate of drug-likeness (QED) is 0.923. The average Bonchev–Trinajstić information content (AvgIpc) is 2.46.